The number of nitrogens with one attached hydrogen (secondary N) is 1. The third-order valence-electron chi connectivity index (χ3n) is 8.64. The molecule has 11 nitrogen and oxygen atoms in total. The molecule has 0 spiro atoms. The van der Waals surface area contributed by atoms with E-state index < -0.39 is 47.6 Å². The molecular formula is C37H62NO10PSi2. The van der Waals surface area contributed by atoms with E-state index in [1.165, 1.54) is 7.11 Å². The lowest BCUT2D eigenvalue weighted by molar-refractivity contribution is -0.148. The van der Waals surface area contributed by atoms with Crippen LogP contribution in [0.15, 0.2) is 23.8 Å². The summed E-state index contributed by atoms with van der Waals surface area (Å²) in [4.78, 5) is 38.4. The molecule has 0 aliphatic carbocycles. The van der Waals surface area contributed by atoms with Crippen LogP contribution in [0.5, 0.6) is 11.5 Å². The van der Waals surface area contributed by atoms with E-state index in [4.69, 9.17) is 28.2 Å². The van der Waals surface area contributed by atoms with E-state index in [2.05, 4.69) is 44.4 Å². The molecule has 0 radical (unpaired) electrons. The summed E-state index contributed by atoms with van der Waals surface area (Å²) < 4.78 is 47.0. The number of fused-ring (bicyclic) bond motifs is 1. The Kier molecular flexibility index (Phi) is 17.4. The van der Waals surface area contributed by atoms with Crippen molar-refractivity contribution in [2.24, 2.45) is 5.92 Å². The summed E-state index contributed by atoms with van der Waals surface area (Å²) in [6.07, 6.45) is 6.79. The van der Waals surface area contributed by atoms with Crippen LogP contribution in [0.4, 0.5) is 0 Å². The van der Waals surface area contributed by atoms with Gasteiger partial charge in [0.05, 0.1) is 39.0 Å². The summed E-state index contributed by atoms with van der Waals surface area (Å²) in [6.45, 7) is 22.0. The van der Waals surface area contributed by atoms with Crippen molar-refractivity contribution in [1.82, 2.24) is 5.09 Å². The molecule has 1 aliphatic rings. The van der Waals surface area contributed by atoms with Crippen molar-refractivity contribution in [2.45, 2.75) is 111 Å². The quantitative estimate of drug-likeness (QED) is 0.0403. The highest BCUT2D eigenvalue weighted by Crippen LogP contribution is 2.44. The van der Waals surface area contributed by atoms with Crippen LogP contribution in [0.2, 0.25) is 51.4 Å². The summed E-state index contributed by atoms with van der Waals surface area (Å²) in [5.74, 6) is -0.511. The lowest BCUT2D eigenvalue weighted by atomic mass is 9.93. The monoisotopic (exact) mass is 767 g/mol. The van der Waals surface area contributed by atoms with Crippen molar-refractivity contribution in [1.29, 1.82) is 0 Å². The van der Waals surface area contributed by atoms with E-state index in [1.54, 1.807) is 27.0 Å². The zero-order valence-electron chi connectivity index (χ0n) is 33.0. The minimum Gasteiger partial charge on any atom is -0.496 e. The van der Waals surface area contributed by atoms with Crippen LogP contribution in [0.1, 0.15) is 60.7 Å². The van der Waals surface area contributed by atoms with Gasteiger partial charge in [-0.2, -0.15) is 0 Å². The number of carbonyl (C=O) groups excluding carboxylic acids is 3. The van der Waals surface area contributed by atoms with Gasteiger partial charge in [0, 0.05) is 34.4 Å². The molecule has 0 bridgehead atoms. The van der Waals surface area contributed by atoms with Gasteiger partial charge in [-0.1, -0.05) is 63.1 Å². The van der Waals surface area contributed by atoms with Gasteiger partial charge >= 0.3 is 17.9 Å². The molecule has 1 heterocycles. The van der Waals surface area contributed by atoms with E-state index in [-0.39, 0.29) is 25.3 Å². The second kappa shape index (κ2) is 19.9. The average molecular weight is 768 g/mol. The van der Waals surface area contributed by atoms with Gasteiger partial charge in [-0.05, 0) is 64.6 Å². The Labute approximate surface area is 307 Å². The van der Waals surface area contributed by atoms with Crippen LogP contribution in [0.25, 0.3) is 0 Å². The number of hydrogen-bond acceptors (Lipinski definition) is 10. The average Bonchev–Trinajstić information content (AvgIpc) is 3.42. The largest absolute Gasteiger partial charge is 0.496 e. The van der Waals surface area contributed by atoms with Crippen LogP contribution >= 0.6 is 7.52 Å². The number of benzene rings is 1. The molecule has 288 valence electrons. The maximum Gasteiger partial charge on any atom is 0.342 e. The number of ether oxygens (including phenoxy) is 5. The minimum atomic E-state index is -3.39. The molecule has 2 unspecified atom stereocenters. The fourth-order valence-corrected chi connectivity index (χ4v) is 8.39. The summed E-state index contributed by atoms with van der Waals surface area (Å²) in [7, 11) is -3.27. The highest BCUT2D eigenvalue weighted by molar-refractivity contribution is 7.57. The Morgan fingerprint density at radius 3 is 2.22 bits per heavy atom. The lowest BCUT2D eigenvalue weighted by Crippen LogP contribution is -2.34. The zero-order chi connectivity index (χ0) is 38.6. The van der Waals surface area contributed by atoms with Crippen molar-refractivity contribution in [3.05, 3.63) is 46.1 Å². The van der Waals surface area contributed by atoms with Crippen molar-refractivity contribution in [3.63, 3.8) is 0 Å². The molecule has 51 heavy (non-hydrogen) atoms. The smallest absolute Gasteiger partial charge is 0.342 e. The highest BCUT2D eigenvalue weighted by Gasteiger charge is 2.33. The Balaban J connectivity index is 2.34. The van der Waals surface area contributed by atoms with Crippen LogP contribution in [-0.2, 0) is 45.9 Å². The minimum absolute atomic E-state index is 0.0276. The first-order valence-electron chi connectivity index (χ1n) is 17.8. The molecule has 1 aromatic rings. The number of allylic oxidation sites excluding steroid dienone is 4. The fraction of sp³-hybridized carbons (Fsp3) is 0.649. The standard InChI is InChI=1S/C37H62NO10PSi2/c1-13-45-35(39)28(4)38-49(42,44-6)21-15-14-16-29(36(40)47-20-23-51(10,11)12)24-26(2)17-18-30-33(43-5)27(3)31-25-48-37(41)32(31)34(30)46-19-22-50(7,8)9/h14-15,17,28-29H,13,16,18-25H2,1-12H3,(H,38,42)/t28-,29?,49?/m0/s1. The topological polar surface area (TPSA) is 136 Å². The van der Waals surface area contributed by atoms with E-state index in [9.17, 15) is 18.9 Å². The molecule has 0 amide bonds. The Morgan fingerprint density at radius 1 is 0.980 bits per heavy atom. The maximum absolute atomic E-state index is 13.4. The SMILES string of the molecule is CCOC(=O)[C@H](C)NP(=O)(CC=CCC(CC(C)=CCc1c(OC)c(C)c2c(c1OCC[Si](C)(C)C)C(=O)OC2)C(=O)OCC[Si](C)(C)C)OC. The van der Waals surface area contributed by atoms with Gasteiger partial charge < -0.3 is 28.2 Å². The molecule has 1 aromatic carbocycles. The van der Waals surface area contributed by atoms with Crippen LogP contribution in [0, 0.1) is 12.8 Å². The first-order valence-corrected chi connectivity index (χ1v) is 27.1. The number of esters is 3. The third kappa shape index (κ3) is 14.3. The predicted octanol–water partition coefficient (Wildman–Crippen LogP) is 8.09. The normalized spacial score (nSPS) is 15.9. The van der Waals surface area contributed by atoms with Crippen molar-refractivity contribution in [3.8, 4) is 11.5 Å². The Hall–Kier alpha value is -2.71. The molecule has 0 saturated heterocycles. The fourth-order valence-electron chi connectivity index (χ4n) is 5.48. The second-order valence-electron chi connectivity index (χ2n) is 15.5. The van der Waals surface area contributed by atoms with Crippen molar-refractivity contribution < 1.29 is 47.2 Å². The van der Waals surface area contributed by atoms with Crippen LogP contribution in [0.3, 0.4) is 0 Å². The van der Waals surface area contributed by atoms with Gasteiger partial charge in [0.1, 0.15) is 29.7 Å². The number of carbonyl (C=O) groups is 3. The lowest BCUT2D eigenvalue weighted by Gasteiger charge is -2.22. The molecule has 3 atom stereocenters. The van der Waals surface area contributed by atoms with Gasteiger partial charge in [0.25, 0.3) is 7.52 Å². The van der Waals surface area contributed by atoms with Gasteiger partial charge in [-0.15, -0.1) is 0 Å². The van der Waals surface area contributed by atoms with Crippen LogP contribution in [-0.4, -0.2) is 80.3 Å². The van der Waals surface area contributed by atoms with Gasteiger partial charge in [0.15, 0.2) is 0 Å². The molecule has 14 heteroatoms. The van der Waals surface area contributed by atoms with Crippen LogP contribution < -0.4 is 14.6 Å². The van der Waals surface area contributed by atoms with Gasteiger partial charge in [-0.3, -0.25) is 14.2 Å². The number of hydrogen-bond donors (Lipinski definition) is 1. The molecule has 0 saturated carbocycles. The number of methoxy groups -OCH3 is 1. The zero-order valence-corrected chi connectivity index (χ0v) is 35.9. The Bertz CT molecular complexity index is 1480. The third-order valence-corrected chi connectivity index (χ3v) is 14.1. The molecule has 1 N–H and O–H groups in total. The van der Waals surface area contributed by atoms with Crippen molar-refractivity contribution in [2.75, 3.05) is 40.2 Å². The summed E-state index contributed by atoms with van der Waals surface area (Å²) >= 11 is 0. The number of rotatable bonds is 22. The summed E-state index contributed by atoms with van der Waals surface area (Å²) in [5.41, 5.74) is 3.85. The predicted molar refractivity (Wildman–Crippen MR) is 208 cm³/mol. The highest BCUT2D eigenvalue weighted by atomic mass is 31.2. The molecular weight excluding hydrogens is 706 g/mol. The maximum atomic E-state index is 13.4. The van der Waals surface area contributed by atoms with Gasteiger partial charge in [-0.25, -0.2) is 9.88 Å². The first-order chi connectivity index (χ1) is 23.8. The van der Waals surface area contributed by atoms with E-state index in [1.807, 2.05) is 26.0 Å². The summed E-state index contributed by atoms with van der Waals surface area (Å²) in [6, 6.07) is 0.977. The first kappa shape index (κ1) is 44.5. The molecule has 0 fully saturated rings. The molecule has 2 rings (SSSR count). The van der Waals surface area contributed by atoms with E-state index >= 15 is 0 Å². The Morgan fingerprint density at radius 2 is 1.63 bits per heavy atom. The summed E-state index contributed by atoms with van der Waals surface area (Å²) in [5, 5.41) is 2.76. The molecule has 1 aliphatic heterocycles. The second-order valence-corrected chi connectivity index (χ2v) is 29.1. The van der Waals surface area contributed by atoms with E-state index in [0.717, 1.165) is 34.4 Å². The number of cyclic esters (lactones) is 1. The van der Waals surface area contributed by atoms with Crippen molar-refractivity contribution >= 4 is 41.6 Å². The molecule has 0 aromatic heterocycles. The van der Waals surface area contributed by atoms with Gasteiger partial charge in [0.2, 0.25) is 0 Å². The van der Waals surface area contributed by atoms with E-state index in [0.29, 0.717) is 49.5 Å².